The van der Waals surface area contributed by atoms with Crippen LogP contribution in [0.1, 0.15) is 6.92 Å². The largest absolute Gasteiger partial charge is 0.382 e. The summed E-state index contributed by atoms with van der Waals surface area (Å²) in [5.41, 5.74) is 8.01. The van der Waals surface area contributed by atoms with Gasteiger partial charge in [-0.25, -0.2) is 15.0 Å². The van der Waals surface area contributed by atoms with Gasteiger partial charge in [-0.15, -0.1) is 0 Å². The highest BCUT2D eigenvalue weighted by atomic mass is 15.2. The number of aryl methyl sites for hydroxylation is 1. The van der Waals surface area contributed by atoms with Crippen molar-refractivity contribution in [2.24, 2.45) is 0 Å². The molecule has 0 amide bonds. The summed E-state index contributed by atoms with van der Waals surface area (Å²) >= 11 is 0. The normalized spacial score (nSPS) is 10.8. The Bertz CT molecular complexity index is 705. The highest BCUT2D eigenvalue weighted by molar-refractivity contribution is 5.84. The predicted octanol–water partition coefficient (Wildman–Crippen LogP) is 1.57. The van der Waals surface area contributed by atoms with Gasteiger partial charge in [-0.2, -0.15) is 0 Å². The summed E-state index contributed by atoms with van der Waals surface area (Å²) in [6.45, 7) is 2.75. The Morgan fingerprint density at radius 1 is 1.37 bits per heavy atom. The zero-order valence-electron chi connectivity index (χ0n) is 10.4. The number of rotatable bonds is 3. The molecule has 0 bridgehead atoms. The second kappa shape index (κ2) is 4.52. The standard InChI is InChI=1S/C12H13N7/c1-2-19-11-9(10(13)15-7-16-11)18-12(19)17-8-4-3-5-14-6-8/h3-7H,2H2,1H3,(H,17,18)(H2,13,15,16). The average Bonchev–Trinajstić information content (AvgIpc) is 2.79. The first-order valence-corrected chi connectivity index (χ1v) is 5.93. The molecule has 3 aromatic heterocycles. The molecule has 3 heterocycles. The molecule has 0 aliphatic heterocycles. The molecule has 7 heteroatoms. The summed E-state index contributed by atoms with van der Waals surface area (Å²) in [6, 6.07) is 3.77. The fourth-order valence-electron chi connectivity index (χ4n) is 1.91. The van der Waals surface area contributed by atoms with Gasteiger partial charge in [0.05, 0.1) is 11.9 Å². The zero-order valence-corrected chi connectivity index (χ0v) is 10.4. The van der Waals surface area contributed by atoms with E-state index in [0.29, 0.717) is 17.3 Å². The first-order chi connectivity index (χ1) is 9.29. The SMILES string of the molecule is CCn1c(Nc2cccnc2)nc2c(N)ncnc21. The van der Waals surface area contributed by atoms with Gasteiger partial charge in [0, 0.05) is 12.7 Å². The minimum Gasteiger partial charge on any atom is -0.382 e. The molecule has 0 aliphatic rings. The lowest BCUT2D eigenvalue weighted by atomic mass is 10.4. The number of pyridine rings is 1. The molecule has 7 nitrogen and oxygen atoms in total. The van der Waals surface area contributed by atoms with Crippen molar-refractivity contribution < 1.29 is 0 Å². The summed E-state index contributed by atoms with van der Waals surface area (Å²) in [6.07, 6.45) is 4.89. The van der Waals surface area contributed by atoms with E-state index in [1.54, 1.807) is 12.4 Å². The number of hydrogen-bond donors (Lipinski definition) is 2. The van der Waals surface area contributed by atoms with Crippen molar-refractivity contribution in [2.75, 3.05) is 11.1 Å². The van der Waals surface area contributed by atoms with E-state index in [1.165, 1.54) is 6.33 Å². The maximum Gasteiger partial charge on any atom is 0.209 e. The Labute approximate surface area is 109 Å². The van der Waals surface area contributed by atoms with Gasteiger partial charge in [0.1, 0.15) is 6.33 Å². The van der Waals surface area contributed by atoms with Crippen molar-refractivity contribution in [3.63, 3.8) is 0 Å². The van der Waals surface area contributed by atoms with E-state index in [9.17, 15) is 0 Å². The number of imidazole rings is 1. The molecule has 3 rings (SSSR count). The van der Waals surface area contributed by atoms with E-state index in [-0.39, 0.29) is 0 Å². The van der Waals surface area contributed by atoms with Crippen LogP contribution < -0.4 is 11.1 Å². The molecule has 96 valence electrons. The molecule has 0 radical (unpaired) electrons. The Morgan fingerprint density at radius 2 is 2.26 bits per heavy atom. The Kier molecular flexibility index (Phi) is 2.71. The van der Waals surface area contributed by atoms with Crippen molar-refractivity contribution in [3.05, 3.63) is 30.9 Å². The van der Waals surface area contributed by atoms with Crippen LogP contribution in [0.15, 0.2) is 30.9 Å². The van der Waals surface area contributed by atoms with E-state index in [4.69, 9.17) is 5.73 Å². The fourth-order valence-corrected chi connectivity index (χ4v) is 1.91. The number of anilines is 3. The van der Waals surface area contributed by atoms with Gasteiger partial charge >= 0.3 is 0 Å². The van der Waals surface area contributed by atoms with Crippen LogP contribution in [0.2, 0.25) is 0 Å². The second-order valence-electron chi connectivity index (χ2n) is 3.98. The lowest BCUT2D eigenvalue weighted by Gasteiger charge is -2.07. The average molecular weight is 255 g/mol. The van der Waals surface area contributed by atoms with Crippen molar-refractivity contribution in [1.82, 2.24) is 24.5 Å². The number of fused-ring (bicyclic) bond motifs is 1. The van der Waals surface area contributed by atoms with Crippen LogP contribution in [0.3, 0.4) is 0 Å². The first kappa shape index (κ1) is 11.4. The predicted molar refractivity (Wildman–Crippen MR) is 72.9 cm³/mol. The molecule has 0 aliphatic carbocycles. The van der Waals surface area contributed by atoms with E-state index in [2.05, 4.69) is 25.3 Å². The van der Waals surface area contributed by atoms with Crippen molar-refractivity contribution in [2.45, 2.75) is 13.5 Å². The molecular weight excluding hydrogens is 242 g/mol. The second-order valence-corrected chi connectivity index (χ2v) is 3.98. The number of nitrogens with one attached hydrogen (secondary N) is 1. The molecule has 0 fully saturated rings. The number of nitrogens with zero attached hydrogens (tertiary/aromatic N) is 5. The van der Waals surface area contributed by atoms with E-state index >= 15 is 0 Å². The number of aromatic nitrogens is 5. The van der Waals surface area contributed by atoms with E-state index < -0.39 is 0 Å². The molecule has 19 heavy (non-hydrogen) atoms. The van der Waals surface area contributed by atoms with Crippen LogP contribution >= 0.6 is 0 Å². The molecule has 0 saturated heterocycles. The van der Waals surface area contributed by atoms with Crippen molar-refractivity contribution >= 4 is 28.6 Å². The summed E-state index contributed by atoms with van der Waals surface area (Å²) in [5.74, 6) is 1.06. The van der Waals surface area contributed by atoms with Crippen LogP contribution in [-0.4, -0.2) is 24.5 Å². The maximum atomic E-state index is 5.82. The molecule has 3 N–H and O–H groups in total. The van der Waals surface area contributed by atoms with Crippen molar-refractivity contribution in [1.29, 1.82) is 0 Å². The van der Waals surface area contributed by atoms with Crippen LogP contribution in [0.25, 0.3) is 11.2 Å². The maximum absolute atomic E-state index is 5.82. The molecule has 0 unspecified atom stereocenters. The van der Waals surface area contributed by atoms with Gasteiger partial charge in [-0.3, -0.25) is 9.55 Å². The first-order valence-electron chi connectivity index (χ1n) is 5.93. The van der Waals surface area contributed by atoms with Gasteiger partial charge in [0.25, 0.3) is 0 Å². The number of nitrogen functional groups attached to an aromatic ring is 1. The lowest BCUT2D eigenvalue weighted by molar-refractivity contribution is 0.787. The third-order valence-electron chi connectivity index (χ3n) is 2.79. The van der Waals surface area contributed by atoms with Crippen LogP contribution in [0.4, 0.5) is 17.5 Å². The summed E-state index contributed by atoms with van der Waals surface area (Å²) < 4.78 is 1.94. The molecular formula is C12H13N7. The van der Waals surface area contributed by atoms with E-state index in [1.807, 2.05) is 23.6 Å². The molecule has 0 atom stereocenters. The van der Waals surface area contributed by atoms with Crippen LogP contribution in [-0.2, 0) is 6.54 Å². The third-order valence-corrected chi connectivity index (χ3v) is 2.79. The Balaban J connectivity index is 2.11. The smallest absolute Gasteiger partial charge is 0.209 e. The number of hydrogen-bond acceptors (Lipinski definition) is 6. The molecule has 0 spiro atoms. The third kappa shape index (κ3) is 1.95. The van der Waals surface area contributed by atoms with Gasteiger partial charge in [0.15, 0.2) is 17.0 Å². The van der Waals surface area contributed by atoms with Gasteiger partial charge in [-0.05, 0) is 19.1 Å². The van der Waals surface area contributed by atoms with Crippen molar-refractivity contribution in [3.8, 4) is 0 Å². The topological polar surface area (TPSA) is 94.5 Å². The summed E-state index contributed by atoms with van der Waals surface area (Å²) in [7, 11) is 0. The highest BCUT2D eigenvalue weighted by Crippen LogP contribution is 2.23. The minimum atomic E-state index is 0.381. The Morgan fingerprint density at radius 3 is 3.00 bits per heavy atom. The molecule has 0 aromatic carbocycles. The van der Waals surface area contributed by atoms with Crippen LogP contribution in [0, 0.1) is 0 Å². The molecule has 3 aromatic rings. The fraction of sp³-hybridized carbons (Fsp3) is 0.167. The molecule has 0 saturated carbocycles. The van der Waals surface area contributed by atoms with Gasteiger partial charge in [0.2, 0.25) is 5.95 Å². The van der Waals surface area contributed by atoms with Crippen LogP contribution in [0.5, 0.6) is 0 Å². The highest BCUT2D eigenvalue weighted by Gasteiger charge is 2.13. The lowest BCUT2D eigenvalue weighted by Crippen LogP contribution is -2.03. The zero-order chi connectivity index (χ0) is 13.2. The monoisotopic (exact) mass is 255 g/mol. The summed E-state index contributed by atoms with van der Waals surface area (Å²) in [5, 5.41) is 3.21. The van der Waals surface area contributed by atoms with Gasteiger partial charge in [-0.1, -0.05) is 0 Å². The quantitative estimate of drug-likeness (QED) is 0.737. The van der Waals surface area contributed by atoms with E-state index in [0.717, 1.165) is 17.9 Å². The van der Waals surface area contributed by atoms with Gasteiger partial charge < -0.3 is 11.1 Å². The minimum absolute atomic E-state index is 0.381. The summed E-state index contributed by atoms with van der Waals surface area (Å²) in [4.78, 5) is 16.7. The Hall–Kier alpha value is -2.70. The number of nitrogens with two attached hydrogens (primary N) is 1.